The number of nitrogens with zero attached hydrogens (tertiary/aromatic N) is 4. The van der Waals surface area contributed by atoms with Gasteiger partial charge >= 0.3 is 5.97 Å². The maximum atomic E-state index is 12.0. The molecule has 39 heavy (non-hydrogen) atoms. The molecule has 0 unspecified atom stereocenters. The number of aromatic hydroxyl groups is 1. The summed E-state index contributed by atoms with van der Waals surface area (Å²) in [7, 11) is 0. The number of aromatic nitrogens is 4. The third-order valence-corrected chi connectivity index (χ3v) is 6.90. The summed E-state index contributed by atoms with van der Waals surface area (Å²) in [6.45, 7) is 2.97. The number of benzene rings is 2. The Hall–Kier alpha value is -4.50. The SMILES string of the molecule is CCOC(=O)CCc1cn(Cc2cc(O)cc(OCc3csc(-c4cnccn4)n3)c2)cc1-c1ccccc1. The fraction of sp³-hybridized carbons (Fsp3) is 0.200. The van der Waals surface area contributed by atoms with Crippen LogP contribution in [0.15, 0.2) is 84.9 Å². The molecule has 0 amide bonds. The average molecular weight is 541 g/mol. The van der Waals surface area contributed by atoms with E-state index < -0.39 is 0 Å². The first-order valence-electron chi connectivity index (χ1n) is 12.6. The molecule has 0 atom stereocenters. The highest BCUT2D eigenvalue weighted by Gasteiger charge is 2.13. The number of rotatable bonds is 11. The smallest absolute Gasteiger partial charge is 0.306 e. The Bertz CT molecular complexity index is 1530. The van der Waals surface area contributed by atoms with Gasteiger partial charge in [0.25, 0.3) is 0 Å². The molecule has 0 aliphatic heterocycles. The zero-order chi connectivity index (χ0) is 27.0. The molecule has 0 aliphatic carbocycles. The lowest BCUT2D eigenvalue weighted by atomic mass is 10.0. The summed E-state index contributed by atoms with van der Waals surface area (Å²) < 4.78 is 13.2. The number of thiazole rings is 1. The minimum absolute atomic E-state index is 0.124. The van der Waals surface area contributed by atoms with Gasteiger partial charge in [-0.15, -0.1) is 11.3 Å². The van der Waals surface area contributed by atoms with Crippen LogP contribution < -0.4 is 4.74 Å². The first-order chi connectivity index (χ1) is 19.1. The molecule has 2 aromatic carbocycles. The molecule has 8 nitrogen and oxygen atoms in total. The van der Waals surface area contributed by atoms with Crippen LogP contribution in [0.1, 0.15) is 30.2 Å². The van der Waals surface area contributed by atoms with E-state index in [4.69, 9.17) is 9.47 Å². The van der Waals surface area contributed by atoms with Crippen LogP contribution in [-0.4, -0.2) is 37.2 Å². The van der Waals surface area contributed by atoms with Crippen molar-refractivity contribution in [2.75, 3.05) is 6.61 Å². The molecule has 0 saturated carbocycles. The molecular formula is C30H28N4O4S. The van der Waals surface area contributed by atoms with Crippen LogP contribution in [0.25, 0.3) is 21.8 Å². The number of carbonyl (C=O) groups excluding carboxylic acids is 1. The van der Waals surface area contributed by atoms with Crippen LogP contribution in [0.5, 0.6) is 11.5 Å². The molecule has 3 aromatic heterocycles. The number of ether oxygens (including phenoxy) is 2. The molecule has 198 valence electrons. The van der Waals surface area contributed by atoms with Crippen molar-refractivity contribution in [3.63, 3.8) is 0 Å². The summed E-state index contributed by atoms with van der Waals surface area (Å²) in [4.78, 5) is 25.0. The van der Waals surface area contributed by atoms with Gasteiger partial charge in [0.1, 0.15) is 28.8 Å². The fourth-order valence-corrected chi connectivity index (χ4v) is 5.04. The summed E-state index contributed by atoms with van der Waals surface area (Å²) in [5, 5.41) is 13.1. The molecule has 0 saturated heterocycles. The Balaban J connectivity index is 1.30. The second-order valence-electron chi connectivity index (χ2n) is 8.90. The second-order valence-corrected chi connectivity index (χ2v) is 9.76. The predicted octanol–water partition coefficient (Wildman–Crippen LogP) is 5.90. The predicted molar refractivity (Wildman–Crippen MR) is 150 cm³/mol. The zero-order valence-electron chi connectivity index (χ0n) is 21.5. The van der Waals surface area contributed by atoms with Gasteiger partial charge in [-0.3, -0.25) is 14.8 Å². The maximum absolute atomic E-state index is 12.0. The largest absolute Gasteiger partial charge is 0.508 e. The van der Waals surface area contributed by atoms with Gasteiger partial charge in [0.2, 0.25) is 0 Å². The topological polar surface area (TPSA) is 99.4 Å². The van der Waals surface area contributed by atoms with Crippen LogP contribution in [-0.2, 0) is 29.1 Å². The molecule has 1 N–H and O–H groups in total. The summed E-state index contributed by atoms with van der Waals surface area (Å²) >= 11 is 1.48. The van der Waals surface area contributed by atoms with E-state index in [1.54, 1.807) is 30.7 Å². The van der Waals surface area contributed by atoms with Gasteiger partial charge in [0.15, 0.2) is 0 Å². The summed E-state index contributed by atoms with van der Waals surface area (Å²) in [5.74, 6) is 0.471. The summed E-state index contributed by atoms with van der Waals surface area (Å²) in [5.41, 5.74) is 5.59. The van der Waals surface area contributed by atoms with Crippen molar-refractivity contribution in [1.29, 1.82) is 0 Å². The highest BCUT2D eigenvalue weighted by atomic mass is 32.1. The summed E-state index contributed by atoms with van der Waals surface area (Å²) in [6.07, 6.45) is 9.96. The Kier molecular flexibility index (Phi) is 8.28. The van der Waals surface area contributed by atoms with Gasteiger partial charge in [0.05, 0.1) is 18.5 Å². The lowest BCUT2D eigenvalue weighted by Crippen LogP contribution is -2.05. The van der Waals surface area contributed by atoms with Crippen molar-refractivity contribution >= 4 is 17.3 Å². The van der Waals surface area contributed by atoms with E-state index in [1.807, 2.05) is 36.6 Å². The number of esters is 1. The van der Waals surface area contributed by atoms with Gasteiger partial charge in [-0.1, -0.05) is 30.3 Å². The molecule has 0 bridgehead atoms. The quantitative estimate of drug-likeness (QED) is 0.208. The molecule has 3 heterocycles. The van der Waals surface area contributed by atoms with Crippen molar-refractivity contribution in [3.8, 4) is 33.3 Å². The zero-order valence-corrected chi connectivity index (χ0v) is 22.3. The van der Waals surface area contributed by atoms with E-state index in [9.17, 15) is 9.90 Å². The normalized spacial score (nSPS) is 10.9. The standard InChI is InChI=1S/C30H28N4O4S/c1-2-37-29(36)9-8-23-17-34(18-27(23)22-6-4-3-5-7-22)16-21-12-25(35)14-26(13-21)38-19-24-20-39-30(33-24)28-15-31-10-11-32-28/h3-7,10-15,17-18,20,35H,2,8-9,16,19H2,1H3. The van der Waals surface area contributed by atoms with Crippen molar-refractivity contribution < 1.29 is 19.4 Å². The van der Waals surface area contributed by atoms with E-state index in [0.29, 0.717) is 31.7 Å². The summed E-state index contributed by atoms with van der Waals surface area (Å²) in [6, 6.07) is 15.3. The van der Waals surface area contributed by atoms with E-state index in [0.717, 1.165) is 38.6 Å². The van der Waals surface area contributed by atoms with Crippen LogP contribution in [0.4, 0.5) is 0 Å². The highest BCUT2D eigenvalue weighted by molar-refractivity contribution is 7.13. The first-order valence-corrected chi connectivity index (χ1v) is 13.5. The van der Waals surface area contributed by atoms with Gasteiger partial charge in [0, 0.05) is 54.8 Å². The highest BCUT2D eigenvalue weighted by Crippen LogP contribution is 2.29. The molecule has 0 spiro atoms. The second kappa shape index (κ2) is 12.4. The van der Waals surface area contributed by atoms with Crippen molar-refractivity contribution in [2.24, 2.45) is 0 Å². The molecule has 5 rings (SSSR count). The van der Waals surface area contributed by atoms with Crippen LogP contribution in [0.2, 0.25) is 0 Å². The third-order valence-electron chi connectivity index (χ3n) is 5.99. The van der Waals surface area contributed by atoms with Crippen molar-refractivity contribution in [2.45, 2.75) is 32.9 Å². The van der Waals surface area contributed by atoms with Crippen LogP contribution in [0, 0.1) is 0 Å². The number of hydrogen-bond donors (Lipinski definition) is 1. The van der Waals surface area contributed by atoms with E-state index in [1.165, 1.54) is 11.3 Å². The van der Waals surface area contributed by atoms with Crippen molar-refractivity contribution in [3.05, 3.63) is 102 Å². The maximum Gasteiger partial charge on any atom is 0.306 e. The fourth-order valence-electron chi connectivity index (χ4n) is 4.28. The Labute approximate surface area is 230 Å². The number of hydrogen-bond acceptors (Lipinski definition) is 8. The third kappa shape index (κ3) is 6.88. The minimum atomic E-state index is -0.206. The van der Waals surface area contributed by atoms with E-state index in [-0.39, 0.29) is 18.3 Å². The lowest BCUT2D eigenvalue weighted by molar-refractivity contribution is -0.143. The molecule has 0 fully saturated rings. The van der Waals surface area contributed by atoms with E-state index in [2.05, 4.69) is 44.0 Å². The number of carbonyl (C=O) groups is 1. The van der Waals surface area contributed by atoms with Crippen molar-refractivity contribution in [1.82, 2.24) is 19.5 Å². The molecule has 9 heteroatoms. The molecule has 0 aliphatic rings. The van der Waals surface area contributed by atoms with Crippen LogP contribution in [0.3, 0.4) is 0 Å². The average Bonchev–Trinajstić information content (AvgIpc) is 3.59. The molecule has 5 aromatic rings. The first kappa shape index (κ1) is 26.1. The lowest BCUT2D eigenvalue weighted by Gasteiger charge is -2.09. The number of phenolic OH excluding ortho intramolecular Hbond substituents is 1. The van der Waals surface area contributed by atoms with Gasteiger partial charge < -0.3 is 19.1 Å². The van der Waals surface area contributed by atoms with Gasteiger partial charge in [-0.05, 0) is 42.2 Å². The number of aryl methyl sites for hydroxylation is 1. The number of phenols is 1. The van der Waals surface area contributed by atoms with Gasteiger partial charge in [-0.2, -0.15) is 0 Å². The minimum Gasteiger partial charge on any atom is -0.508 e. The van der Waals surface area contributed by atoms with Crippen LogP contribution >= 0.6 is 11.3 Å². The Morgan fingerprint density at radius 3 is 2.77 bits per heavy atom. The Morgan fingerprint density at radius 1 is 1.10 bits per heavy atom. The van der Waals surface area contributed by atoms with Gasteiger partial charge in [-0.25, -0.2) is 4.98 Å². The molecular weight excluding hydrogens is 512 g/mol. The van der Waals surface area contributed by atoms with E-state index >= 15 is 0 Å². The Morgan fingerprint density at radius 2 is 1.97 bits per heavy atom. The monoisotopic (exact) mass is 540 g/mol. The molecule has 0 radical (unpaired) electrons.